The summed E-state index contributed by atoms with van der Waals surface area (Å²) in [7, 11) is 0. The number of imide groups is 1. The summed E-state index contributed by atoms with van der Waals surface area (Å²) < 4.78 is 7.33. The molecule has 0 radical (unpaired) electrons. The summed E-state index contributed by atoms with van der Waals surface area (Å²) in [4.78, 5) is 26.9. The molecular formula is C24H14Br2Cl3NO3S. The molecule has 0 saturated carbocycles. The Bertz CT molecular complexity index is 1310. The van der Waals surface area contributed by atoms with E-state index in [1.54, 1.807) is 24.3 Å². The van der Waals surface area contributed by atoms with Crippen molar-refractivity contribution in [2.75, 3.05) is 0 Å². The van der Waals surface area contributed by atoms with Crippen LogP contribution >= 0.6 is 78.4 Å². The molecule has 4 nitrogen and oxygen atoms in total. The lowest BCUT2D eigenvalue weighted by Crippen LogP contribution is -2.27. The van der Waals surface area contributed by atoms with Crippen LogP contribution < -0.4 is 4.74 Å². The maximum Gasteiger partial charge on any atom is 0.293 e. The van der Waals surface area contributed by atoms with Crippen molar-refractivity contribution in [2.45, 2.75) is 13.2 Å². The normalized spacial score (nSPS) is 14.9. The van der Waals surface area contributed by atoms with Gasteiger partial charge < -0.3 is 4.74 Å². The third kappa shape index (κ3) is 5.83. The first-order valence-corrected chi connectivity index (χ1v) is 13.3. The van der Waals surface area contributed by atoms with Gasteiger partial charge in [0.05, 0.1) is 30.4 Å². The maximum absolute atomic E-state index is 12.9. The Balaban J connectivity index is 1.51. The Hall–Kier alpha value is -1.48. The van der Waals surface area contributed by atoms with E-state index in [1.807, 2.05) is 36.4 Å². The second-order valence-electron chi connectivity index (χ2n) is 7.21. The van der Waals surface area contributed by atoms with Crippen LogP contribution in [0.3, 0.4) is 0 Å². The van der Waals surface area contributed by atoms with Crippen molar-refractivity contribution < 1.29 is 14.3 Å². The highest BCUT2D eigenvalue weighted by molar-refractivity contribution is 9.11. The second-order valence-corrected chi connectivity index (χ2v) is 11.1. The fourth-order valence-electron chi connectivity index (χ4n) is 3.17. The number of amides is 2. The van der Waals surface area contributed by atoms with Crippen LogP contribution in [0.1, 0.15) is 16.7 Å². The summed E-state index contributed by atoms with van der Waals surface area (Å²) in [6.45, 7) is 0.408. The summed E-state index contributed by atoms with van der Waals surface area (Å²) in [5.41, 5.74) is 2.30. The highest BCUT2D eigenvalue weighted by Gasteiger charge is 2.35. The van der Waals surface area contributed by atoms with Gasteiger partial charge in [0.2, 0.25) is 0 Å². The van der Waals surface area contributed by atoms with E-state index in [2.05, 4.69) is 31.9 Å². The van der Waals surface area contributed by atoms with Gasteiger partial charge in [0.1, 0.15) is 12.4 Å². The Morgan fingerprint density at radius 2 is 1.62 bits per heavy atom. The van der Waals surface area contributed by atoms with Crippen LogP contribution in [0.4, 0.5) is 4.79 Å². The number of carbonyl (C=O) groups excluding carboxylic acids is 2. The van der Waals surface area contributed by atoms with Crippen molar-refractivity contribution in [1.29, 1.82) is 0 Å². The molecule has 0 bridgehead atoms. The lowest BCUT2D eigenvalue weighted by Gasteiger charge is -2.13. The lowest BCUT2D eigenvalue weighted by atomic mass is 10.2. The average molecular weight is 663 g/mol. The third-order valence-corrected chi connectivity index (χ3v) is 8.04. The summed E-state index contributed by atoms with van der Waals surface area (Å²) in [5.74, 6) is 0.233. The number of benzene rings is 3. The first-order chi connectivity index (χ1) is 16.2. The summed E-state index contributed by atoms with van der Waals surface area (Å²) >= 11 is 26.1. The topological polar surface area (TPSA) is 46.6 Å². The molecule has 10 heteroatoms. The van der Waals surface area contributed by atoms with Gasteiger partial charge in [-0.1, -0.05) is 59.1 Å². The van der Waals surface area contributed by atoms with Crippen molar-refractivity contribution in [2.24, 2.45) is 0 Å². The van der Waals surface area contributed by atoms with Gasteiger partial charge in [-0.3, -0.25) is 14.5 Å². The molecule has 1 heterocycles. The SMILES string of the molecule is O=C1S/C(=C/c2cc(Br)c(OCc3ccccc3Cl)c(Br)c2)C(=O)N1Cc1ccc(Cl)c(Cl)c1. The molecule has 0 aromatic heterocycles. The van der Waals surface area contributed by atoms with Crippen LogP contribution in [0.15, 0.2) is 68.4 Å². The molecule has 4 rings (SSSR count). The first-order valence-electron chi connectivity index (χ1n) is 9.77. The molecular weight excluding hydrogens is 649 g/mol. The predicted molar refractivity (Wildman–Crippen MR) is 146 cm³/mol. The van der Waals surface area contributed by atoms with Gasteiger partial charge in [0.25, 0.3) is 11.1 Å². The van der Waals surface area contributed by atoms with Crippen LogP contribution in [0.5, 0.6) is 5.75 Å². The molecule has 1 fully saturated rings. The van der Waals surface area contributed by atoms with Crippen molar-refractivity contribution in [3.05, 3.63) is 100 Å². The van der Waals surface area contributed by atoms with Gasteiger partial charge in [-0.25, -0.2) is 0 Å². The minimum atomic E-state index is -0.368. The summed E-state index contributed by atoms with van der Waals surface area (Å²) in [5, 5.41) is 1.06. The van der Waals surface area contributed by atoms with Crippen molar-refractivity contribution >= 4 is 95.6 Å². The lowest BCUT2D eigenvalue weighted by molar-refractivity contribution is -0.123. The molecule has 1 aliphatic heterocycles. The average Bonchev–Trinajstić information content (AvgIpc) is 3.04. The zero-order valence-electron chi connectivity index (χ0n) is 17.2. The van der Waals surface area contributed by atoms with Crippen molar-refractivity contribution in [3.8, 4) is 5.75 Å². The minimum absolute atomic E-state index is 0.112. The number of rotatable bonds is 6. The quantitative estimate of drug-likeness (QED) is 0.247. The molecule has 0 unspecified atom stereocenters. The molecule has 0 aliphatic carbocycles. The Labute approximate surface area is 232 Å². The first kappa shape index (κ1) is 25.6. The smallest absolute Gasteiger partial charge is 0.293 e. The van der Waals surface area contributed by atoms with E-state index in [1.165, 1.54) is 4.90 Å². The zero-order chi connectivity index (χ0) is 24.4. The molecule has 174 valence electrons. The van der Waals surface area contributed by atoms with Gasteiger partial charge in [-0.15, -0.1) is 0 Å². The summed E-state index contributed by atoms with van der Waals surface area (Å²) in [6.07, 6.45) is 1.67. The number of halogens is 5. The van der Waals surface area contributed by atoms with E-state index < -0.39 is 0 Å². The number of hydrogen-bond acceptors (Lipinski definition) is 4. The Morgan fingerprint density at radius 3 is 2.29 bits per heavy atom. The molecule has 3 aromatic carbocycles. The van der Waals surface area contributed by atoms with E-state index in [0.717, 1.165) is 22.9 Å². The predicted octanol–water partition coefficient (Wildman–Crippen LogP) is 8.99. The Morgan fingerprint density at radius 1 is 0.912 bits per heavy atom. The van der Waals surface area contributed by atoms with E-state index >= 15 is 0 Å². The van der Waals surface area contributed by atoms with Gasteiger partial charge in [-0.2, -0.15) is 0 Å². The Kier molecular flexibility index (Phi) is 8.33. The minimum Gasteiger partial charge on any atom is -0.486 e. The molecule has 34 heavy (non-hydrogen) atoms. The standard InChI is InChI=1S/C24H14Br2Cl3NO3S/c25-16-7-14(8-17(26)22(16)33-12-15-3-1-2-4-18(15)27)10-21-23(31)30(24(32)34-21)11-13-5-6-19(28)20(29)9-13/h1-10H,11-12H2/b21-10+. The van der Waals surface area contributed by atoms with Gasteiger partial charge in [0.15, 0.2) is 0 Å². The number of carbonyl (C=O) groups is 2. The van der Waals surface area contributed by atoms with Crippen LogP contribution in [-0.4, -0.2) is 16.0 Å². The van der Waals surface area contributed by atoms with Crippen LogP contribution in [0, 0.1) is 0 Å². The largest absolute Gasteiger partial charge is 0.486 e. The van der Waals surface area contributed by atoms with Gasteiger partial charge in [-0.05, 0) is 91.2 Å². The van der Waals surface area contributed by atoms with Crippen LogP contribution in [0.2, 0.25) is 15.1 Å². The second kappa shape index (κ2) is 11.1. The van der Waals surface area contributed by atoms with E-state index in [-0.39, 0.29) is 17.7 Å². The molecule has 0 N–H and O–H groups in total. The monoisotopic (exact) mass is 659 g/mol. The molecule has 3 aromatic rings. The van der Waals surface area contributed by atoms with E-state index in [0.29, 0.717) is 46.8 Å². The molecule has 1 aliphatic rings. The van der Waals surface area contributed by atoms with Crippen LogP contribution in [0.25, 0.3) is 6.08 Å². The van der Waals surface area contributed by atoms with E-state index in [9.17, 15) is 9.59 Å². The molecule has 1 saturated heterocycles. The van der Waals surface area contributed by atoms with Gasteiger partial charge in [0, 0.05) is 10.6 Å². The molecule has 2 amide bonds. The number of hydrogen-bond donors (Lipinski definition) is 0. The van der Waals surface area contributed by atoms with Gasteiger partial charge >= 0.3 is 0 Å². The molecule has 0 spiro atoms. The number of thioether (sulfide) groups is 1. The van der Waals surface area contributed by atoms with Crippen molar-refractivity contribution in [1.82, 2.24) is 4.90 Å². The van der Waals surface area contributed by atoms with Crippen LogP contribution in [-0.2, 0) is 17.9 Å². The van der Waals surface area contributed by atoms with Crippen molar-refractivity contribution in [3.63, 3.8) is 0 Å². The zero-order valence-corrected chi connectivity index (χ0v) is 23.4. The summed E-state index contributed by atoms with van der Waals surface area (Å²) in [6, 6.07) is 16.1. The maximum atomic E-state index is 12.9. The number of nitrogens with zero attached hydrogens (tertiary/aromatic N) is 1. The fraction of sp³-hybridized carbons (Fsp3) is 0.0833. The highest BCUT2D eigenvalue weighted by Crippen LogP contribution is 2.39. The number of ether oxygens (including phenoxy) is 1. The third-order valence-electron chi connectivity index (χ3n) is 4.85. The van der Waals surface area contributed by atoms with E-state index in [4.69, 9.17) is 39.5 Å². The fourth-order valence-corrected chi connectivity index (χ4v) is 5.97. The highest BCUT2D eigenvalue weighted by atomic mass is 79.9. The molecule has 0 atom stereocenters.